The fourth-order valence-electron chi connectivity index (χ4n) is 4.69. The predicted molar refractivity (Wildman–Crippen MR) is 136 cm³/mol. The van der Waals surface area contributed by atoms with Gasteiger partial charge in [-0.25, -0.2) is 4.98 Å². The lowest BCUT2D eigenvalue weighted by atomic mass is 9.61. The zero-order valence-corrected chi connectivity index (χ0v) is 20.0. The van der Waals surface area contributed by atoms with Gasteiger partial charge in [-0.15, -0.1) is 11.3 Å². The third kappa shape index (κ3) is 5.01. The number of fused-ring (bicyclic) bond motifs is 1. The van der Waals surface area contributed by atoms with E-state index in [1.807, 2.05) is 19.2 Å². The van der Waals surface area contributed by atoms with Gasteiger partial charge in [-0.3, -0.25) is 9.79 Å². The van der Waals surface area contributed by atoms with Crippen LogP contribution in [-0.2, 0) is 13.5 Å². The lowest BCUT2D eigenvalue weighted by Gasteiger charge is -2.43. The molecule has 4 rings (SSSR count). The number of aliphatic imine (C=N–C) groups is 1. The van der Waals surface area contributed by atoms with E-state index >= 15 is 0 Å². The summed E-state index contributed by atoms with van der Waals surface area (Å²) in [4.78, 5) is 21.3. The number of rotatable bonds is 9. The molecule has 172 valence electrons. The first kappa shape index (κ1) is 23.2. The highest BCUT2D eigenvalue weighted by atomic mass is 32.1. The number of aryl methyl sites for hydroxylation is 2. The van der Waals surface area contributed by atoms with Crippen LogP contribution in [0.3, 0.4) is 0 Å². The molecule has 2 N–H and O–H groups in total. The molecule has 2 aliphatic rings. The molecular formula is C26H31N5OS. The van der Waals surface area contributed by atoms with Crippen molar-refractivity contribution in [2.24, 2.45) is 29.8 Å². The Morgan fingerprint density at radius 2 is 2.21 bits per heavy atom. The molecule has 2 saturated carbocycles. The molecule has 2 unspecified atom stereocenters. The van der Waals surface area contributed by atoms with Gasteiger partial charge in [0, 0.05) is 37.4 Å². The number of hydrogen-bond donors (Lipinski definition) is 2. The van der Waals surface area contributed by atoms with E-state index in [9.17, 15) is 4.79 Å². The van der Waals surface area contributed by atoms with E-state index in [0.29, 0.717) is 23.7 Å². The summed E-state index contributed by atoms with van der Waals surface area (Å²) in [6.07, 6.45) is 17.0. The number of carbonyl (C=O) groups is 1. The molecule has 2 fully saturated rings. The molecule has 0 aromatic carbocycles. The minimum Gasteiger partial charge on any atom is -0.340 e. The van der Waals surface area contributed by atoms with Crippen molar-refractivity contribution in [3.05, 3.63) is 40.7 Å². The third-order valence-corrected chi connectivity index (χ3v) is 7.97. The summed E-state index contributed by atoms with van der Waals surface area (Å²) in [6.45, 7) is 3.74. The van der Waals surface area contributed by atoms with E-state index in [4.69, 9.17) is 10.4 Å². The highest BCUT2D eigenvalue weighted by Gasteiger charge is 2.38. The van der Waals surface area contributed by atoms with Gasteiger partial charge in [0.25, 0.3) is 5.91 Å². The molecule has 0 aliphatic heterocycles. The molecule has 2 aromatic heterocycles. The van der Waals surface area contributed by atoms with Crippen molar-refractivity contribution in [2.75, 3.05) is 6.54 Å². The van der Waals surface area contributed by atoms with Crippen LogP contribution in [0.2, 0.25) is 0 Å². The number of thiazole rings is 1. The first-order valence-electron chi connectivity index (χ1n) is 11.7. The van der Waals surface area contributed by atoms with Crippen molar-refractivity contribution in [1.82, 2.24) is 14.9 Å². The Morgan fingerprint density at radius 1 is 1.36 bits per heavy atom. The number of nitrogens with zero attached hydrogens (tertiary/aromatic N) is 3. The molecule has 0 bridgehead atoms. The standard InChI is InChI=1S/C26H31N5OS/c1-28-15-6-4-3-5-12-22-30-25-24(33-22)21(17-27)23(31(25)2)26(32)29-16-8-11-19-13-14-20(19)18-9-7-10-18/h3-4,6,15,17-20,27H,1,5,7,9-10,12-14,16H2,2H3,(H,29,32)/b4-3-,15-6-,27-17?. The van der Waals surface area contributed by atoms with Crippen molar-refractivity contribution in [2.45, 2.75) is 44.9 Å². The normalized spacial score (nSPS) is 20.4. The lowest BCUT2D eigenvalue weighted by Crippen LogP contribution is -2.35. The molecule has 2 aliphatic carbocycles. The van der Waals surface area contributed by atoms with Crippen molar-refractivity contribution < 1.29 is 4.79 Å². The summed E-state index contributed by atoms with van der Waals surface area (Å²) >= 11 is 1.55. The Morgan fingerprint density at radius 3 is 2.88 bits per heavy atom. The number of carbonyl (C=O) groups excluding carboxylic acids is 1. The molecule has 1 amide bonds. The van der Waals surface area contributed by atoms with Crippen LogP contribution in [0.5, 0.6) is 0 Å². The van der Waals surface area contributed by atoms with Gasteiger partial charge in [0.2, 0.25) is 0 Å². The van der Waals surface area contributed by atoms with Crippen LogP contribution in [0.25, 0.3) is 10.3 Å². The van der Waals surface area contributed by atoms with Crippen LogP contribution in [0.4, 0.5) is 0 Å². The Balaban J connectivity index is 1.37. The summed E-state index contributed by atoms with van der Waals surface area (Å²) < 4.78 is 2.68. The van der Waals surface area contributed by atoms with Crippen molar-refractivity contribution in [1.29, 1.82) is 5.41 Å². The van der Waals surface area contributed by atoms with Crippen LogP contribution in [0, 0.1) is 35.0 Å². The first-order chi connectivity index (χ1) is 16.1. The molecule has 33 heavy (non-hydrogen) atoms. The van der Waals surface area contributed by atoms with Gasteiger partial charge < -0.3 is 15.3 Å². The van der Waals surface area contributed by atoms with E-state index in [-0.39, 0.29) is 5.91 Å². The van der Waals surface area contributed by atoms with Crippen LogP contribution in [0.1, 0.15) is 59.6 Å². The number of hydrogen-bond acceptors (Lipinski definition) is 5. The van der Waals surface area contributed by atoms with Crippen LogP contribution in [-0.4, -0.2) is 34.9 Å². The number of aromatic nitrogens is 2. The number of nitrogens with one attached hydrogen (secondary N) is 2. The van der Waals surface area contributed by atoms with E-state index in [1.165, 1.54) is 38.3 Å². The van der Waals surface area contributed by atoms with Crippen LogP contribution >= 0.6 is 11.3 Å². The largest absolute Gasteiger partial charge is 0.340 e. The minimum absolute atomic E-state index is 0.202. The Kier molecular flexibility index (Phi) is 7.56. The molecule has 2 aromatic rings. The summed E-state index contributed by atoms with van der Waals surface area (Å²) in [6, 6.07) is 0. The van der Waals surface area contributed by atoms with E-state index < -0.39 is 0 Å². The Labute approximate surface area is 199 Å². The summed E-state index contributed by atoms with van der Waals surface area (Å²) in [5.74, 6) is 8.54. The lowest BCUT2D eigenvalue weighted by molar-refractivity contribution is 0.0889. The maximum Gasteiger partial charge on any atom is 0.269 e. The summed E-state index contributed by atoms with van der Waals surface area (Å²) in [5, 5.41) is 11.8. The van der Waals surface area contributed by atoms with Crippen LogP contribution in [0.15, 0.2) is 29.4 Å². The second kappa shape index (κ2) is 10.8. The van der Waals surface area contributed by atoms with Gasteiger partial charge in [0.05, 0.1) is 16.3 Å². The zero-order valence-electron chi connectivity index (χ0n) is 19.1. The number of allylic oxidation sites excluding steroid dienone is 3. The zero-order chi connectivity index (χ0) is 23.2. The van der Waals surface area contributed by atoms with E-state index in [2.05, 4.69) is 34.9 Å². The van der Waals surface area contributed by atoms with E-state index in [0.717, 1.165) is 40.0 Å². The van der Waals surface area contributed by atoms with E-state index in [1.54, 1.807) is 22.1 Å². The highest BCUT2D eigenvalue weighted by molar-refractivity contribution is 7.19. The van der Waals surface area contributed by atoms with Gasteiger partial charge in [0.15, 0.2) is 5.65 Å². The Bertz CT molecular complexity index is 1150. The van der Waals surface area contributed by atoms with Crippen LogP contribution < -0.4 is 5.32 Å². The first-order valence-corrected chi connectivity index (χ1v) is 12.5. The fourth-order valence-corrected chi connectivity index (χ4v) is 5.81. The quantitative estimate of drug-likeness (QED) is 0.316. The third-order valence-electron chi connectivity index (χ3n) is 6.84. The molecular weight excluding hydrogens is 430 g/mol. The number of amides is 1. The van der Waals surface area contributed by atoms with Gasteiger partial charge in [-0.05, 0) is 43.9 Å². The summed E-state index contributed by atoms with van der Waals surface area (Å²) in [7, 11) is 1.84. The summed E-state index contributed by atoms with van der Waals surface area (Å²) in [5.41, 5.74) is 1.86. The van der Waals surface area contributed by atoms with Crippen molar-refractivity contribution in [3.63, 3.8) is 0 Å². The second-order valence-electron chi connectivity index (χ2n) is 8.76. The second-order valence-corrected chi connectivity index (χ2v) is 9.84. The van der Waals surface area contributed by atoms with Crippen molar-refractivity contribution in [3.8, 4) is 11.8 Å². The predicted octanol–water partition coefficient (Wildman–Crippen LogP) is 4.90. The van der Waals surface area contributed by atoms with Gasteiger partial charge in [-0.2, -0.15) is 0 Å². The molecule has 0 spiro atoms. The van der Waals surface area contributed by atoms with Gasteiger partial charge >= 0.3 is 0 Å². The van der Waals surface area contributed by atoms with Crippen molar-refractivity contribution >= 4 is 40.5 Å². The molecule has 7 heteroatoms. The molecule has 0 saturated heterocycles. The van der Waals surface area contributed by atoms with Gasteiger partial charge in [-0.1, -0.05) is 43.3 Å². The SMILES string of the molecule is C=N/C=C\C=C/CCc1nc2c(s1)c(C=N)c(C(=O)NCC#CC1CCC1C1CCC1)n2C. The van der Waals surface area contributed by atoms with Gasteiger partial charge in [0.1, 0.15) is 5.69 Å². The smallest absolute Gasteiger partial charge is 0.269 e. The minimum atomic E-state index is -0.202. The molecule has 2 atom stereocenters. The maximum absolute atomic E-state index is 12.9. The topological polar surface area (TPSA) is 83.1 Å². The average Bonchev–Trinajstić information content (AvgIpc) is 3.29. The molecule has 6 nitrogen and oxygen atoms in total. The monoisotopic (exact) mass is 461 g/mol. The average molecular weight is 462 g/mol. The fraction of sp³-hybridized carbons (Fsp3) is 0.462. The highest BCUT2D eigenvalue weighted by Crippen LogP contribution is 2.47. The molecule has 0 radical (unpaired) electrons. The maximum atomic E-state index is 12.9. The Hall–Kier alpha value is -2.98. The molecule has 2 heterocycles.